The fourth-order valence-electron chi connectivity index (χ4n) is 6.07. The van der Waals surface area contributed by atoms with Gasteiger partial charge in [-0.15, -0.1) is 0 Å². The number of halogens is 24. The molecular formula is C35H22BF24N. The molecule has 1 nitrogen and oxygen atoms in total. The van der Waals surface area contributed by atoms with Crippen LogP contribution in [0.5, 0.6) is 0 Å². The zero-order valence-electron chi connectivity index (χ0n) is 30.1. The largest absolute Gasteiger partial charge is 0.416 e. The molecule has 0 unspecified atom stereocenters. The van der Waals surface area contributed by atoms with Gasteiger partial charge in [-0.1, -0.05) is 48.5 Å². The van der Waals surface area contributed by atoms with E-state index >= 15 is 0 Å². The molecule has 0 aliphatic carbocycles. The van der Waals surface area contributed by atoms with Crippen LogP contribution in [0.2, 0.25) is 0 Å². The van der Waals surface area contributed by atoms with Crippen LogP contribution < -0.4 is 26.8 Å². The Morgan fingerprint density at radius 2 is 0.344 bits per heavy atom. The highest BCUT2D eigenvalue weighted by Crippen LogP contribution is 2.41. The first-order valence-corrected chi connectivity index (χ1v) is 16.1. The van der Waals surface area contributed by atoms with Gasteiger partial charge in [0.25, 0.3) is 0 Å². The first kappa shape index (κ1) is 50.6. The molecule has 0 aromatic heterocycles. The molecule has 0 heterocycles. The van der Waals surface area contributed by atoms with Crippen LogP contribution in [0.4, 0.5) is 105 Å². The Balaban J connectivity index is 0.00000237. The highest BCUT2D eigenvalue weighted by Gasteiger charge is 2.47. The number of hydrogen-bond acceptors (Lipinski definition) is 0. The fraction of sp³-hybridized carbons (Fsp3) is 0.314. The van der Waals surface area contributed by atoms with E-state index in [4.69, 9.17) is 0 Å². The van der Waals surface area contributed by atoms with Crippen molar-refractivity contribution in [1.29, 1.82) is 0 Å². The van der Waals surface area contributed by atoms with Crippen molar-refractivity contribution in [2.24, 2.45) is 0 Å². The van der Waals surface area contributed by atoms with Gasteiger partial charge in [-0.25, -0.2) is 0 Å². The van der Waals surface area contributed by atoms with Gasteiger partial charge in [0.1, 0.15) is 6.15 Å². The average Bonchev–Trinajstić information content (AvgIpc) is 3.05. The molecule has 0 aliphatic heterocycles. The van der Waals surface area contributed by atoms with Crippen molar-refractivity contribution < 1.29 is 110 Å². The van der Waals surface area contributed by atoms with E-state index in [2.05, 4.69) is 21.1 Å². The zero-order valence-corrected chi connectivity index (χ0v) is 30.1. The number of quaternary nitrogens is 1. The predicted molar refractivity (Wildman–Crippen MR) is 169 cm³/mol. The lowest BCUT2D eigenvalue weighted by molar-refractivity contribution is -0.836. The number of rotatable bonds is 4. The Bertz CT molecular complexity index is 1750. The summed E-state index contributed by atoms with van der Waals surface area (Å²) in [6.07, 6.45) is -54.8. The molecule has 4 aromatic carbocycles. The second-order valence-corrected chi connectivity index (χ2v) is 13.7. The maximum atomic E-state index is 14.2. The zero-order chi connectivity index (χ0) is 47.5. The van der Waals surface area contributed by atoms with Crippen LogP contribution in [0.15, 0.2) is 72.8 Å². The summed E-state index contributed by atoms with van der Waals surface area (Å²) < 4.78 is 341. The second kappa shape index (κ2) is 16.2. The lowest BCUT2D eigenvalue weighted by atomic mass is 9.12. The van der Waals surface area contributed by atoms with Crippen LogP contribution in [0, 0.1) is 0 Å². The van der Waals surface area contributed by atoms with Crippen LogP contribution in [0.1, 0.15) is 44.5 Å². The Labute approximate surface area is 326 Å². The van der Waals surface area contributed by atoms with Gasteiger partial charge in [0.05, 0.1) is 65.7 Å². The van der Waals surface area contributed by atoms with Gasteiger partial charge in [-0.05, 0) is 24.3 Å². The molecule has 4 aromatic rings. The molecule has 0 fully saturated rings. The van der Waals surface area contributed by atoms with E-state index in [-0.39, 0.29) is 0 Å². The SMILES string of the molecule is C[NH+](C)C.FC(F)(F)c1cc([B-](c2cc(C(F)(F)F)cc(C(F)(F)F)c2)(c2cc(C(F)(F)F)cc(C(F)(F)F)c2)c2cc(C(F)(F)F)cc(C(F)(F)F)c2)cc(C(F)(F)F)c1. The van der Waals surface area contributed by atoms with Gasteiger partial charge in [0.15, 0.2) is 0 Å². The summed E-state index contributed by atoms with van der Waals surface area (Å²) >= 11 is 0. The molecule has 4 rings (SSSR count). The Kier molecular flexibility index (Phi) is 13.4. The lowest BCUT2D eigenvalue weighted by Crippen LogP contribution is -3.02. The van der Waals surface area contributed by atoms with Crippen molar-refractivity contribution in [2.45, 2.75) is 49.4 Å². The number of nitrogens with one attached hydrogen (secondary N) is 1. The Morgan fingerprint density at radius 3 is 0.426 bits per heavy atom. The smallest absolute Gasteiger partial charge is 0.342 e. The van der Waals surface area contributed by atoms with E-state index in [1.54, 1.807) is 0 Å². The molecule has 0 saturated carbocycles. The minimum absolute atomic E-state index is 0.691. The standard InChI is InChI=1S/C32H12BF24.C3H9N/c34-25(35,36)13-1-14(26(37,38)39)6-21(5-13)33(22-7-15(27(40,41)42)2-16(8-22)28(43,44)45,23-9-17(29(46,47)48)3-18(10-23)30(49,50)51)24-11-19(31(52,53)54)4-20(12-24)32(55,56)57;1-4(2)3/h1-12H;1-3H3/q-1;/p+1. The van der Waals surface area contributed by atoms with Crippen molar-refractivity contribution in [3.05, 3.63) is 117 Å². The van der Waals surface area contributed by atoms with E-state index in [9.17, 15) is 105 Å². The molecule has 0 radical (unpaired) electrons. The summed E-state index contributed by atoms with van der Waals surface area (Å²) in [6.45, 7) is 0. The van der Waals surface area contributed by atoms with Gasteiger partial charge in [0, 0.05) is 0 Å². The molecule has 26 heteroatoms. The molecule has 338 valence electrons. The van der Waals surface area contributed by atoms with Gasteiger partial charge in [-0.3, -0.25) is 0 Å². The van der Waals surface area contributed by atoms with Crippen LogP contribution in [0.25, 0.3) is 0 Å². The summed E-state index contributed by atoms with van der Waals surface area (Å²) in [5, 5.41) is 0. The molecule has 1 N–H and O–H groups in total. The number of hydrogen-bond donors (Lipinski definition) is 1. The molecule has 0 amide bonds. The number of alkyl halides is 24. The summed E-state index contributed by atoms with van der Waals surface area (Å²) in [5.41, 5.74) is -30.2. The summed E-state index contributed by atoms with van der Waals surface area (Å²) in [4.78, 5) is 1.42. The van der Waals surface area contributed by atoms with Crippen LogP contribution in [0.3, 0.4) is 0 Å². The summed E-state index contributed by atoms with van der Waals surface area (Å²) in [5.74, 6) is 0. The average molecular weight is 923 g/mol. The van der Waals surface area contributed by atoms with Crippen molar-refractivity contribution in [1.82, 2.24) is 0 Å². The quantitative estimate of drug-likeness (QED) is 0.154. The van der Waals surface area contributed by atoms with Crippen LogP contribution in [-0.4, -0.2) is 27.3 Å². The normalized spacial score (nSPS) is 14.0. The first-order chi connectivity index (χ1) is 27.0. The molecule has 0 saturated heterocycles. The molecule has 0 bridgehead atoms. The van der Waals surface area contributed by atoms with E-state index in [1.807, 2.05) is 0 Å². The lowest BCUT2D eigenvalue weighted by Gasteiger charge is -2.46. The summed E-state index contributed by atoms with van der Waals surface area (Å²) in [7, 11) is 6.25. The van der Waals surface area contributed by atoms with Gasteiger partial charge < -0.3 is 4.90 Å². The summed E-state index contributed by atoms with van der Waals surface area (Å²) in [6, 6.07) is -8.81. The van der Waals surface area contributed by atoms with E-state index in [1.165, 1.54) is 4.90 Å². The van der Waals surface area contributed by atoms with Crippen molar-refractivity contribution in [3.8, 4) is 0 Å². The third-order valence-electron chi connectivity index (χ3n) is 8.44. The van der Waals surface area contributed by atoms with Gasteiger partial charge >= 0.3 is 49.4 Å². The predicted octanol–water partition coefficient (Wildman–Crippen LogP) is 9.98. The molecule has 0 atom stereocenters. The number of benzene rings is 4. The van der Waals surface area contributed by atoms with Crippen molar-refractivity contribution >= 4 is 28.0 Å². The van der Waals surface area contributed by atoms with E-state index < -0.39 is 195 Å². The van der Waals surface area contributed by atoms with Crippen LogP contribution in [-0.2, 0) is 49.4 Å². The highest BCUT2D eigenvalue weighted by atomic mass is 19.4. The Morgan fingerprint density at radius 1 is 0.246 bits per heavy atom. The van der Waals surface area contributed by atoms with Crippen molar-refractivity contribution in [3.63, 3.8) is 0 Å². The minimum Gasteiger partial charge on any atom is -0.342 e. The minimum atomic E-state index is -6.13. The van der Waals surface area contributed by atoms with E-state index in [0.717, 1.165) is 0 Å². The third kappa shape index (κ3) is 11.8. The Hall–Kier alpha value is -4.78. The molecular weight excluding hydrogens is 901 g/mol. The van der Waals surface area contributed by atoms with Crippen molar-refractivity contribution in [2.75, 3.05) is 21.1 Å². The molecule has 61 heavy (non-hydrogen) atoms. The third-order valence-corrected chi connectivity index (χ3v) is 8.44. The second-order valence-electron chi connectivity index (χ2n) is 13.7. The maximum absolute atomic E-state index is 14.2. The molecule has 0 spiro atoms. The monoisotopic (exact) mass is 923 g/mol. The van der Waals surface area contributed by atoms with Gasteiger partial charge in [0.2, 0.25) is 0 Å². The highest BCUT2D eigenvalue weighted by molar-refractivity contribution is 7.20. The first-order valence-electron chi connectivity index (χ1n) is 16.1. The fourth-order valence-corrected chi connectivity index (χ4v) is 6.07. The molecule has 0 aliphatic rings. The van der Waals surface area contributed by atoms with Crippen LogP contribution >= 0.6 is 0 Å². The topological polar surface area (TPSA) is 4.44 Å². The van der Waals surface area contributed by atoms with Gasteiger partial charge in [-0.2, -0.15) is 127 Å². The maximum Gasteiger partial charge on any atom is 0.416 e. The van der Waals surface area contributed by atoms with E-state index in [0.29, 0.717) is 0 Å².